The van der Waals surface area contributed by atoms with E-state index < -0.39 is 0 Å². The van der Waals surface area contributed by atoms with E-state index in [0.29, 0.717) is 16.5 Å². The van der Waals surface area contributed by atoms with Gasteiger partial charge in [-0.25, -0.2) is 9.78 Å². The third-order valence-electron chi connectivity index (χ3n) is 3.59. The van der Waals surface area contributed by atoms with E-state index in [-0.39, 0.29) is 18.1 Å². The van der Waals surface area contributed by atoms with Crippen LogP contribution < -0.4 is 15.7 Å². The van der Waals surface area contributed by atoms with Gasteiger partial charge in [-0.3, -0.25) is 10.1 Å². The second-order valence-electron chi connectivity index (χ2n) is 5.65. The first-order chi connectivity index (χ1) is 12.1. The van der Waals surface area contributed by atoms with E-state index in [2.05, 4.69) is 10.3 Å². The average Bonchev–Trinajstić information content (AvgIpc) is 3.05. The summed E-state index contributed by atoms with van der Waals surface area (Å²) < 4.78 is 11.1. The second kappa shape index (κ2) is 7.48. The van der Waals surface area contributed by atoms with Crippen molar-refractivity contribution in [2.45, 2.75) is 26.7 Å². The van der Waals surface area contributed by atoms with E-state index in [0.717, 1.165) is 29.4 Å². The highest BCUT2D eigenvalue weighted by Crippen LogP contribution is 2.30. The molecule has 0 aliphatic carbocycles. The first-order valence-corrected chi connectivity index (χ1v) is 8.84. The minimum Gasteiger partial charge on any atom is -0.483 e. The smallest absolute Gasteiger partial charge is 0.336 e. The molecule has 0 fully saturated rings. The summed E-state index contributed by atoms with van der Waals surface area (Å²) in [4.78, 5) is 27.8. The number of amides is 1. The fourth-order valence-electron chi connectivity index (χ4n) is 2.63. The molecule has 0 radical (unpaired) electrons. The number of hydrogen-bond acceptors (Lipinski definition) is 6. The number of fused-ring (bicyclic) bond motifs is 1. The third kappa shape index (κ3) is 4.06. The fourth-order valence-corrected chi connectivity index (χ4v) is 3.18. The highest BCUT2D eigenvalue weighted by Gasteiger charge is 2.14. The van der Waals surface area contributed by atoms with Crippen LogP contribution in [0.1, 0.15) is 24.5 Å². The lowest BCUT2D eigenvalue weighted by Gasteiger charge is -2.12. The lowest BCUT2D eigenvalue weighted by molar-refractivity contribution is -0.118. The highest BCUT2D eigenvalue weighted by atomic mass is 32.1. The van der Waals surface area contributed by atoms with E-state index >= 15 is 0 Å². The summed E-state index contributed by atoms with van der Waals surface area (Å²) in [5.41, 5.74) is 1.85. The number of nitrogens with zero attached hydrogens (tertiary/aromatic N) is 1. The Kier molecular flexibility index (Phi) is 5.14. The topological polar surface area (TPSA) is 81.4 Å². The van der Waals surface area contributed by atoms with Crippen LogP contribution in [0.15, 0.2) is 39.0 Å². The van der Waals surface area contributed by atoms with Gasteiger partial charge in [0.1, 0.15) is 11.3 Å². The zero-order chi connectivity index (χ0) is 17.8. The van der Waals surface area contributed by atoms with Crippen molar-refractivity contribution in [3.63, 3.8) is 0 Å². The van der Waals surface area contributed by atoms with Crippen LogP contribution in [0.2, 0.25) is 0 Å². The van der Waals surface area contributed by atoms with Crippen molar-refractivity contribution < 1.29 is 13.9 Å². The first kappa shape index (κ1) is 17.2. The zero-order valence-corrected chi connectivity index (χ0v) is 14.8. The molecule has 7 heteroatoms. The van der Waals surface area contributed by atoms with Crippen LogP contribution >= 0.6 is 11.3 Å². The SMILES string of the molecule is CCCc1cc(=O)oc2cc(C)cc(OCC(=O)Nc3nccs3)c12. The standard InChI is InChI=1S/C18H18N2O4S/c1-3-4-12-9-16(22)24-14-8-11(2)7-13(17(12)14)23-10-15(21)20-18-19-5-6-25-18/h5-9H,3-4,10H2,1-2H3,(H,19,20,21). The van der Waals surface area contributed by atoms with Gasteiger partial charge in [0.2, 0.25) is 0 Å². The molecule has 2 heterocycles. The third-order valence-corrected chi connectivity index (χ3v) is 4.28. The summed E-state index contributed by atoms with van der Waals surface area (Å²) in [5.74, 6) is 0.246. The molecule has 1 N–H and O–H groups in total. The number of carbonyl (C=O) groups excluding carboxylic acids is 1. The van der Waals surface area contributed by atoms with Gasteiger partial charge in [-0.15, -0.1) is 11.3 Å². The van der Waals surface area contributed by atoms with E-state index in [1.165, 1.54) is 17.4 Å². The van der Waals surface area contributed by atoms with Crippen molar-refractivity contribution in [2.75, 3.05) is 11.9 Å². The van der Waals surface area contributed by atoms with Crippen LogP contribution in [0.3, 0.4) is 0 Å². The maximum absolute atomic E-state index is 12.0. The van der Waals surface area contributed by atoms with Crippen molar-refractivity contribution in [3.05, 3.63) is 51.3 Å². The maximum Gasteiger partial charge on any atom is 0.336 e. The molecular formula is C18H18N2O4S. The molecule has 2 aromatic heterocycles. The van der Waals surface area contributed by atoms with Crippen LogP contribution in [-0.2, 0) is 11.2 Å². The Bertz CT molecular complexity index is 948. The molecule has 6 nitrogen and oxygen atoms in total. The predicted molar refractivity (Wildman–Crippen MR) is 97.5 cm³/mol. The molecular weight excluding hydrogens is 340 g/mol. The Labute approximate surface area is 148 Å². The van der Waals surface area contributed by atoms with Crippen molar-refractivity contribution in [1.82, 2.24) is 4.98 Å². The molecule has 25 heavy (non-hydrogen) atoms. The zero-order valence-electron chi connectivity index (χ0n) is 14.0. The molecule has 0 aliphatic rings. The minimum atomic E-state index is -0.381. The fraction of sp³-hybridized carbons (Fsp3) is 0.278. The molecule has 0 atom stereocenters. The molecule has 3 rings (SSSR count). The summed E-state index contributed by atoms with van der Waals surface area (Å²) in [6.07, 6.45) is 3.23. The van der Waals surface area contributed by atoms with Crippen LogP contribution in [0.25, 0.3) is 11.0 Å². The molecule has 0 aliphatic heterocycles. The van der Waals surface area contributed by atoms with E-state index in [9.17, 15) is 9.59 Å². The number of thiazole rings is 1. The monoisotopic (exact) mass is 358 g/mol. The predicted octanol–water partition coefficient (Wildman–Crippen LogP) is 3.53. The molecule has 0 saturated heterocycles. The van der Waals surface area contributed by atoms with Crippen LogP contribution in [0.4, 0.5) is 5.13 Å². The van der Waals surface area contributed by atoms with Crippen molar-refractivity contribution in [1.29, 1.82) is 0 Å². The first-order valence-electron chi connectivity index (χ1n) is 7.96. The Morgan fingerprint density at radius 2 is 2.20 bits per heavy atom. The van der Waals surface area contributed by atoms with Gasteiger partial charge in [-0.05, 0) is 36.6 Å². The van der Waals surface area contributed by atoms with Crippen LogP contribution in [-0.4, -0.2) is 17.5 Å². The van der Waals surface area contributed by atoms with Gasteiger partial charge >= 0.3 is 5.63 Å². The number of ether oxygens (including phenoxy) is 1. The van der Waals surface area contributed by atoms with Gasteiger partial charge in [-0.2, -0.15) is 0 Å². The van der Waals surface area contributed by atoms with Gasteiger partial charge in [0.25, 0.3) is 5.91 Å². The molecule has 1 aromatic carbocycles. The quantitative estimate of drug-likeness (QED) is 0.682. The van der Waals surface area contributed by atoms with E-state index in [4.69, 9.17) is 9.15 Å². The Hall–Kier alpha value is -2.67. The molecule has 0 spiro atoms. The number of hydrogen-bond donors (Lipinski definition) is 1. The highest BCUT2D eigenvalue weighted by molar-refractivity contribution is 7.13. The summed E-state index contributed by atoms with van der Waals surface area (Å²) in [6, 6.07) is 5.14. The number of carbonyl (C=O) groups is 1. The van der Waals surface area contributed by atoms with E-state index in [1.54, 1.807) is 17.6 Å². The van der Waals surface area contributed by atoms with Crippen LogP contribution in [0.5, 0.6) is 5.75 Å². The van der Waals surface area contributed by atoms with Gasteiger partial charge in [0.05, 0.1) is 5.39 Å². The number of rotatable bonds is 6. The van der Waals surface area contributed by atoms with Crippen LogP contribution in [0, 0.1) is 6.92 Å². The van der Waals surface area contributed by atoms with Crippen molar-refractivity contribution in [3.8, 4) is 5.75 Å². The molecule has 0 bridgehead atoms. The van der Waals surface area contributed by atoms with Crippen molar-refractivity contribution >= 4 is 33.3 Å². The van der Waals surface area contributed by atoms with Gasteiger partial charge in [0.15, 0.2) is 11.7 Å². The lowest BCUT2D eigenvalue weighted by atomic mass is 10.0. The summed E-state index contributed by atoms with van der Waals surface area (Å²) >= 11 is 1.34. The Morgan fingerprint density at radius 3 is 2.92 bits per heavy atom. The average molecular weight is 358 g/mol. The summed E-state index contributed by atoms with van der Waals surface area (Å²) in [7, 11) is 0. The molecule has 0 saturated carbocycles. The lowest BCUT2D eigenvalue weighted by Crippen LogP contribution is -2.20. The van der Waals surface area contributed by atoms with Crippen molar-refractivity contribution in [2.24, 2.45) is 0 Å². The number of benzene rings is 1. The largest absolute Gasteiger partial charge is 0.483 e. The normalized spacial score (nSPS) is 10.8. The van der Waals surface area contributed by atoms with Gasteiger partial charge in [0, 0.05) is 17.6 Å². The maximum atomic E-state index is 12.0. The number of aromatic nitrogens is 1. The van der Waals surface area contributed by atoms with Gasteiger partial charge < -0.3 is 9.15 Å². The summed E-state index contributed by atoms with van der Waals surface area (Å²) in [6.45, 7) is 3.77. The minimum absolute atomic E-state index is 0.150. The van der Waals surface area contributed by atoms with Gasteiger partial charge in [-0.1, -0.05) is 13.3 Å². The Balaban J connectivity index is 1.89. The van der Waals surface area contributed by atoms with E-state index in [1.807, 2.05) is 19.9 Å². The summed E-state index contributed by atoms with van der Waals surface area (Å²) in [5, 5.41) is 5.73. The molecule has 130 valence electrons. The molecule has 3 aromatic rings. The molecule has 0 unspecified atom stereocenters. The second-order valence-corrected chi connectivity index (χ2v) is 6.55. The number of aryl methyl sites for hydroxylation is 2. The molecule has 1 amide bonds. The Morgan fingerprint density at radius 1 is 1.36 bits per heavy atom. The number of nitrogens with one attached hydrogen (secondary N) is 1. The number of anilines is 1.